The Morgan fingerprint density at radius 3 is 1.72 bits per heavy atom. The quantitative estimate of drug-likeness (QED) is 0.138. The van der Waals surface area contributed by atoms with Crippen LogP contribution in [-0.2, 0) is 0 Å². The first kappa shape index (κ1) is 28.0. The molecular weight excluding hydrogens is 532 g/mol. The van der Waals surface area contributed by atoms with Gasteiger partial charge < -0.3 is 5.11 Å². The summed E-state index contributed by atoms with van der Waals surface area (Å²) in [5.74, 6) is -0.738. The molecule has 0 spiro atoms. The number of aliphatic hydroxyl groups excluding tert-OH is 1. The van der Waals surface area contributed by atoms with E-state index >= 15 is 0 Å². The number of ketones is 3. The molecule has 2 aliphatic carbocycles. The zero-order chi connectivity index (χ0) is 30.3. The lowest BCUT2D eigenvalue weighted by Crippen LogP contribution is -2.10. The standard InChI is InChI=1S/C39H32O4/c1-4-39(2,3)23-24(17-18-30-37(42)33-21-27-14-8-9-15-28(27)22-34(33)38(30)43)11-5-10-16-29-35(40)31-19-25-12-6-7-13-26(25)20-32(31)36(29)41/h5-22,40H,4,23H2,1-3H3/b11-5+,16-10+,24-17-. The highest BCUT2D eigenvalue weighted by Crippen LogP contribution is 2.35. The summed E-state index contributed by atoms with van der Waals surface area (Å²) in [6.45, 7) is 6.48. The lowest BCUT2D eigenvalue weighted by molar-refractivity contribution is 0.0986. The van der Waals surface area contributed by atoms with E-state index in [1.807, 2.05) is 78.9 Å². The third-order valence-corrected chi connectivity index (χ3v) is 8.54. The van der Waals surface area contributed by atoms with Crippen molar-refractivity contribution in [3.05, 3.63) is 148 Å². The Bertz CT molecular complexity index is 1950. The number of hydrogen-bond donors (Lipinski definition) is 1. The molecule has 43 heavy (non-hydrogen) atoms. The number of benzene rings is 4. The molecule has 0 bridgehead atoms. The summed E-state index contributed by atoms with van der Waals surface area (Å²) in [6, 6.07) is 22.7. The van der Waals surface area contributed by atoms with E-state index in [2.05, 4.69) is 20.8 Å². The molecule has 0 unspecified atom stereocenters. The van der Waals surface area contributed by atoms with E-state index in [4.69, 9.17) is 0 Å². The van der Waals surface area contributed by atoms with Crippen LogP contribution < -0.4 is 0 Å². The van der Waals surface area contributed by atoms with E-state index < -0.39 is 0 Å². The van der Waals surface area contributed by atoms with E-state index in [0.717, 1.165) is 40.0 Å². The molecule has 0 radical (unpaired) electrons. The number of hydrogen-bond acceptors (Lipinski definition) is 4. The average molecular weight is 565 g/mol. The molecule has 0 aromatic heterocycles. The van der Waals surface area contributed by atoms with Gasteiger partial charge in [-0.2, -0.15) is 0 Å². The van der Waals surface area contributed by atoms with E-state index in [1.165, 1.54) is 0 Å². The topological polar surface area (TPSA) is 71.4 Å². The highest BCUT2D eigenvalue weighted by Gasteiger charge is 2.33. The SMILES string of the molecule is CCC(C)(C)CC(/C=C/C=C/C1=C(O)c2cc3ccccc3cc2C1=O)=C\C=C1C(=O)c2cc3ccccc3cc2C1=O. The van der Waals surface area contributed by atoms with Crippen LogP contribution in [0.15, 0.2) is 126 Å². The van der Waals surface area contributed by atoms with Crippen molar-refractivity contribution in [1.82, 2.24) is 0 Å². The van der Waals surface area contributed by atoms with Gasteiger partial charge in [-0.3, -0.25) is 14.4 Å². The predicted octanol–water partition coefficient (Wildman–Crippen LogP) is 9.33. The van der Waals surface area contributed by atoms with Crippen molar-refractivity contribution in [3.63, 3.8) is 0 Å². The van der Waals surface area contributed by atoms with E-state index in [-0.39, 0.29) is 39.7 Å². The number of carbonyl (C=O) groups excluding carboxylic acids is 3. The van der Waals surface area contributed by atoms with Crippen LogP contribution in [0.4, 0.5) is 0 Å². The second-order valence-corrected chi connectivity index (χ2v) is 12.0. The molecule has 0 fully saturated rings. The highest BCUT2D eigenvalue weighted by molar-refractivity contribution is 6.40. The van der Waals surface area contributed by atoms with Gasteiger partial charge in [-0.1, -0.05) is 100 Å². The van der Waals surface area contributed by atoms with Gasteiger partial charge in [-0.25, -0.2) is 0 Å². The number of fused-ring (bicyclic) bond motifs is 4. The lowest BCUT2D eigenvalue weighted by atomic mass is 9.83. The van der Waals surface area contributed by atoms with Crippen molar-refractivity contribution < 1.29 is 19.5 Å². The van der Waals surface area contributed by atoms with Crippen molar-refractivity contribution in [1.29, 1.82) is 0 Å². The fraction of sp³-hybridized carbons (Fsp3) is 0.154. The first-order valence-electron chi connectivity index (χ1n) is 14.6. The van der Waals surface area contributed by atoms with Crippen molar-refractivity contribution in [2.75, 3.05) is 0 Å². The molecule has 1 N–H and O–H groups in total. The Morgan fingerprint density at radius 2 is 1.21 bits per heavy atom. The maximum Gasteiger partial charge on any atom is 0.197 e. The zero-order valence-corrected chi connectivity index (χ0v) is 24.5. The van der Waals surface area contributed by atoms with Gasteiger partial charge in [0.05, 0.1) is 11.1 Å². The van der Waals surface area contributed by atoms with Gasteiger partial charge in [0.2, 0.25) is 0 Å². The number of aliphatic hydroxyl groups is 1. The number of rotatable bonds is 7. The molecule has 6 rings (SSSR count). The van der Waals surface area contributed by atoms with Crippen LogP contribution in [0, 0.1) is 5.41 Å². The van der Waals surface area contributed by atoms with Crippen LogP contribution in [0.3, 0.4) is 0 Å². The van der Waals surface area contributed by atoms with Crippen LogP contribution in [-0.4, -0.2) is 22.5 Å². The van der Waals surface area contributed by atoms with Crippen molar-refractivity contribution in [2.45, 2.75) is 33.6 Å². The molecule has 4 nitrogen and oxygen atoms in total. The van der Waals surface area contributed by atoms with Gasteiger partial charge in [-0.05, 0) is 75.4 Å². The molecule has 0 heterocycles. The maximum atomic E-state index is 13.2. The number of allylic oxidation sites excluding steroid dienone is 9. The highest BCUT2D eigenvalue weighted by atomic mass is 16.3. The minimum atomic E-state index is -0.255. The summed E-state index contributed by atoms with van der Waals surface area (Å²) >= 11 is 0. The number of Topliss-reactive ketones (excluding diaryl/α,β-unsaturated/α-hetero) is 3. The van der Waals surface area contributed by atoms with Gasteiger partial charge in [0.25, 0.3) is 0 Å². The molecule has 0 saturated carbocycles. The minimum absolute atomic E-state index is 0.00532. The number of carbonyl (C=O) groups is 3. The Hall–Kier alpha value is -5.09. The second kappa shape index (κ2) is 11.0. The van der Waals surface area contributed by atoms with Gasteiger partial charge in [0.1, 0.15) is 5.76 Å². The Balaban J connectivity index is 1.28. The van der Waals surface area contributed by atoms with E-state index in [9.17, 15) is 19.5 Å². The van der Waals surface area contributed by atoms with E-state index in [0.29, 0.717) is 22.3 Å². The first-order chi connectivity index (χ1) is 20.7. The molecule has 0 atom stereocenters. The van der Waals surface area contributed by atoms with Gasteiger partial charge in [0, 0.05) is 22.3 Å². The fourth-order valence-electron chi connectivity index (χ4n) is 5.71. The van der Waals surface area contributed by atoms with Crippen molar-refractivity contribution in [2.24, 2.45) is 5.41 Å². The predicted molar refractivity (Wildman–Crippen MR) is 174 cm³/mol. The summed E-state index contributed by atoms with van der Waals surface area (Å²) in [6.07, 6.45) is 12.3. The summed E-state index contributed by atoms with van der Waals surface area (Å²) < 4.78 is 0. The molecule has 4 heteroatoms. The molecule has 212 valence electrons. The van der Waals surface area contributed by atoms with Crippen LogP contribution in [0.5, 0.6) is 0 Å². The van der Waals surface area contributed by atoms with E-state index in [1.54, 1.807) is 30.4 Å². The largest absolute Gasteiger partial charge is 0.507 e. The maximum absolute atomic E-state index is 13.2. The smallest absolute Gasteiger partial charge is 0.197 e. The third-order valence-electron chi connectivity index (χ3n) is 8.54. The fourth-order valence-corrected chi connectivity index (χ4v) is 5.71. The molecule has 0 saturated heterocycles. The first-order valence-corrected chi connectivity index (χ1v) is 14.6. The van der Waals surface area contributed by atoms with Crippen LogP contribution in [0.25, 0.3) is 27.3 Å². The normalized spacial score (nSPS) is 15.6. The molecule has 4 aromatic carbocycles. The van der Waals surface area contributed by atoms with Crippen molar-refractivity contribution >= 4 is 44.7 Å². The Labute approximate surface area is 251 Å². The van der Waals surface area contributed by atoms with Crippen LogP contribution in [0.1, 0.15) is 70.3 Å². The molecular formula is C39H32O4. The van der Waals surface area contributed by atoms with Crippen molar-refractivity contribution in [3.8, 4) is 0 Å². The average Bonchev–Trinajstić information content (AvgIpc) is 3.38. The van der Waals surface area contributed by atoms with Gasteiger partial charge >= 0.3 is 0 Å². The lowest BCUT2D eigenvalue weighted by Gasteiger charge is -2.23. The molecule has 0 amide bonds. The third kappa shape index (κ3) is 5.21. The second-order valence-electron chi connectivity index (χ2n) is 12.0. The summed E-state index contributed by atoms with van der Waals surface area (Å²) in [4.78, 5) is 39.6. The summed E-state index contributed by atoms with van der Waals surface area (Å²) in [7, 11) is 0. The van der Waals surface area contributed by atoms with Crippen LogP contribution in [0.2, 0.25) is 0 Å². The molecule has 4 aromatic rings. The monoisotopic (exact) mass is 564 g/mol. The Kier molecular flexibility index (Phi) is 7.15. The van der Waals surface area contributed by atoms with Crippen LogP contribution >= 0.6 is 0 Å². The van der Waals surface area contributed by atoms with Gasteiger partial charge in [0.15, 0.2) is 17.3 Å². The minimum Gasteiger partial charge on any atom is -0.507 e. The Morgan fingerprint density at radius 1 is 0.721 bits per heavy atom. The molecule has 0 aliphatic heterocycles. The summed E-state index contributed by atoms with van der Waals surface area (Å²) in [5.41, 5.74) is 3.29. The molecule has 2 aliphatic rings. The zero-order valence-electron chi connectivity index (χ0n) is 24.5. The van der Waals surface area contributed by atoms with Gasteiger partial charge in [-0.15, -0.1) is 0 Å². The summed E-state index contributed by atoms with van der Waals surface area (Å²) in [5, 5.41) is 14.6.